The van der Waals surface area contributed by atoms with Crippen molar-refractivity contribution in [3.63, 3.8) is 0 Å². The molecule has 0 aromatic heterocycles. The van der Waals surface area contributed by atoms with Crippen LogP contribution < -0.4 is 0 Å². The SMILES string of the molecule is C=[C-]c1cc(/C(C)=C/C=C/C(C)=C/C)ccc1C.[Y+3]. The second kappa shape index (κ2) is 9.23. The topological polar surface area (TPSA) is 0 Å². The molecular weight excluding hydrogens is 305 g/mol. The molecule has 0 spiro atoms. The summed E-state index contributed by atoms with van der Waals surface area (Å²) in [4.78, 5) is 0. The second-order valence-corrected chi connectivity index (χ2v) is 4.45. The summed E-state index contributed by atoms with van der Waals surface area (Å²) in [6.45, 7) is 12.1. The number of benzene rings is 1. The van der Waals surface area contributed by atoms with Crippen molar-refractivity contribution >= 4 is 5.57 Å². The first-order chi connectivity index (χ1) is 8.58. The Hall–Kier alpha value is -0.716. The predicted molar refractivity (Wildman–Crippen MR) is 81.4 cm³/mol. The first-order valence-corrected chi connectivity index (χ1v) is 6.20. The van der Waals surface area contributed by atoms with Gasteiger partial charge < -0.3 is 0 Å². The van der Waals surface area contributed by atoms with Gasteiger partial charge in [-0.25, -0.2) is 0 Å². The molecule has 0 amide bonds. The van der Waals surface area contributed by atoms with Gasteiger partial charge >= 0.3 is 32.7 Å². The Morgan fingerprint density at radius 3 is 2.53 bits per heavy atom. The molecule has 0 bridgehead atoms. The van der Waals surface area contributed by atoms with Crippen molar-refractivity contribution in [2.45, 2.75) is 27.7 Å². The van der Waals surface area contributed by atoms with Crippen LogP contribution in [0.25, 0.3) is 5.57 Å². The molecule has 0 heterocycles. The quantitative estimate of drug-likeness (QED) is 0.523. The van der Waals surface area contributed by atoms with Crippen LogP contribution in [0, 0.1) is 13.0 Å². The van der Waals surface area contributed by atoms with Crippen molar-refractivity contribution in [2.75, 3.05) is 0 Å². The van der Waals surface area contributed by atoms with E-state index in [1.54, 1.807) is 0 Å². The Bertz CT molecular complexity index is 516. The maximum atomic E-state index is 3.72. The van der Waals surface area contributed by atoms with E-state index in [1.807, 2.05) is 6.92 Å². The van der Waals surface area contributed by atoms with E-state index in [2.05, 4.69) is 75.9 Å². The smallest absolute Gasteiger partial charge is 0.190 e. The van der Waals surface area contributed by atoms with Gasteiger partial charge in [-0.15, -0.1) is 6.07 Å². The minimum atomic E-state index is 0. The maximum Gasteiger partial charge on any atom is 3.00 e. The minimum absolute atomic E-state index is 0. The Labute approximate surface area is 142 Å². The van der Waals surface area contributed by atoms with E-state index in [4.69, 9.17) is 0 Å². The molecule has 0 aliphatic heterocycles. The summed E-state index contributed by atoms with van der Waals surface area (Å²) in [5, 5.41) is 0. The van der Waals surface area contributed by atoms with Gasteiger partial charge in [-0.2, -0.15) is 29.8 Å². The molecule has 1 rings (SSSR count). The van der Waals surface area contributed by atoms with Crippen LogP contribution in [-0.4, -0.2) is 0 Å². The van der Waals surface area contributed by atoms with Gasteiger partial charge in [0.1, 0.15) is 0 Å². The zero-order valence-electron chi connectivity index (χ0n) is 12.3. The van der Waals surface area contributed by atoms with Crippen molar-refractivity contribution in [3.8, 4) is 0 Å². The van der Waals surface area contributed by atoms with Gasteiger partial charge in [0.15, 0.2) is 0 Å². The van der Waals surface area contributed by atoms with Crippen LogP contribution in [0.5, 0.6) is 0 Å². The molecule has 0 radical (unpaired) electrons. The molecule has 19 heavy (non-hydrogen) atoms. The fourth-order valence-corrected chi connectivity index (χ4v) is 1.59. The van der Waals surface area contributed by atoms with Gasteiger partial charge in [-0.3, -0.25) is 0 Å². The fourth-order valence-electron chi connectivity index (χ4n) is 1.59. The minimum Gasteiger partial charge on any atom is -0.190 e. The largest absolute Gasteiger partial charge is 3.00 e. The molecule has 0 N–H and O–H groups in total. The van der Waals surface area contributed by atoms with E-state index in [9.17, 15) is 0 Å². The van der Waals surface area contributed by atoms with E-state index in [0.717, 1.165) is 5.56 Å². The van der Waals surface area contributed by atoms with Gasteiger partial charge in [0.25, 0.3) is 0 Å². The number of rotatable bonds is 4. The molecule has 0 saturated carbocycles. The molecule has 1 heteroatoms. The first-order valence-electron chi connectivity index (χ1n) is 6.20. The average molecular weight is 326 g/mol. The van der Waals surface area contributed by atoms with Crippen LogP contribution in [0.1, 0.15) is 37.5 Å². The summed E-state index contributed by atoms with van der Waals surface area (Å²) in [6, 6.07) is 6.38. The second-order valence-electron chi connectivity index (χ2n) is 4.45. The molecule has 0 aliphatic rings. The van der Waals surface area contributed by atoms with Gasteiger partial charge in [-0.1, -0.05) is 54.0 Å². The Kier molecular flexibility index (Phi) is 8.88. The third kappa shape index (κ3) is 5.84. The standard InChI is InChI=1S/C18H21.Y/c1-6-14(3)9-8-10-15(4)18-12-11-16(5)17(7-2)13-18;/h6,8-13H,2H2,1,3-5H3;/q-1;+3/b9-8+,14-6+,15-10+;. The van der Waals surface area contributed by atoms with Crippen molar-refractivity contribution in [1.82, 2.24) is 0 Å². The zero-order valence-corrected chi connectivity index (χ0v) is 15.2. The van der Waals surface area contributed by atoms with Crippen molar-refractivity contribution < 1.29 is 32.7 Å². The van der Waals surface area contributed by atoms with Crippen molar-refractivity contribution in [2.24, 2.45) is 0 Å². The zero-order chi connectivity index (χ0) is 13.5. The molecule has 94 valence electrons. The van der Waals surface area contributed by atoms with Crippen LogP contribution >= 0.6 is 0 Å². The van der Waals surface area contributed by atoms with Gasteiger partial charge in [0.2, 0.25) is 0 Å². The number of hydrogen-bond donors (Lipinski definition) is 0. The normalized spacial score (nSPS) is 12.4. The molecule has 0 nitrogen and oxygen atoms in total. The monoisotopic (exact) mass is 326 g/mol. The van der Waals surface area contributed by atoms with Crippen LogP contribution in [-0.2, 0) is 32.7 Å². The summed E-state index contributed by atoms with van der Waals surface area (Å²) < 4.78 is 0. The number of aryl methyl sites for hydroxylation is 1. The Morgan fingerprint density at radius 1 is 1.26 bits per heavy atom. The van der Waals surface area contributed by atoms with E-state index < -0.39 is 0 Å². The third-order valence-corrected chi connectivity index (χ3v) is 3.04. The van der Waals surface area contributed by atoms with E-state index in [-0.39, 0.29) is 32.7 Å². The molecule has 0 saturated heterocycles. The van der Waals surface area contributed by atoms with E-state index in [1.165, 1.54) is 22.3 Å². The molecule has 0 fully saturated rings. The molecule has 0 atom stereocenters. The molecule has 0 unspecified atom stereocenters. The van der Waals surface area contributed by atoms with Crippen LogP contribution in [0.4, 0.5) is 0 Å². The summed E-state index contributed by atoms with van der Waals surface area (Å²) in [5.74, 6) is 0. The number of allylic oxidation sites excluding steroid dienone is 6. The number of hydrogen-bond acceptors (Lipinski definition) is 0. The van der Waals surface area contributed by atoms with Crippen molar-refractivity contribution in [3.05, 3.63) is 77.4 Å². The van der Waals surface area contributed by atoms with E-state index in [0.29, 0.717) is 0 Å². The molecular formula is C18H21Y+2. The summed E-state index contributed by atoms with van der Waals surface area (Å²) in [6.07, 6.45) is 11.4. The van der Waals surface area contributed by atoms with Crippen molar-refractivity contribution in [1.29, 1.82) is 0 Å². The average Bonchev–Trinajstić information content (AvgIpc) is 2.38. The Balaban J connectivity index is 0.00000324. The van der Waals surface area contributed by atoms with Crippen LogP contribution in [0.15, 0.2) is 54.7 Å². The third-order valence-electron chi connectivity index (χ3n) is 3.04. The van der Waals surface area contributed by atoms with Crippen LogP contribution in [0.2, 0.25) is 0 Å². The first kappa shape index (κ1) is 18.3. The van der Waals surface area contributed by atoms with Gasteiger partial charge in [0, 0.05) is 0 Å². The van der Waals surface area contributed by atoms with E-state index >= 15 is 0 Å². The maximum absolute atomic E-state index is 3.72. The van der Waals surface area contributed by atoms with Crippen LogP contribution in [0.3, 0.4) is 0 Å². The van der Waals surface area contributed by atoms with Gasteiger partial charge in [0.05, 0.1) is 0 Å². The fraction of sp³-hybridized carbons (Fsp3) is 0.222. The Morgan fingerprint density at radius 2 is 1.95 bits per heavy atom. The summed E-state index contributed by atoms with van der Waals surface area (Å²) >= 11 is 0. The summed E-state index contributed by atoms with van der Waals surface area (Å²) in [5.41, 5.74) is 6.01. The molecule has 1 aromatic rings. The molecule has 1 aromatic carbocycles. The van der Waals surface area contributed by atoms with Gasteiger partial charge in [-0.05, 0) is 20.8 Å². The summed E-state index contributed by atoms with van der Waals surface area (Å²) in [7, 11) is 0. The molecule has 0 aliphatic carbocycles. The predicted octanol–water partition coefficient (Wildman–Crippen LogP) is 5.26.